The van der Waals surface area contributed by atoms with E-state index >= 15 is 0 Å². The van der Waals surface area contributed by atoms with Crippen LogP contribution in [0.5, 0.6) is 5.75 Å². The summed E-state index contributed by atoms with van der Waals surface area (Å²) in [5, 5.41) is 2.60. The summed E-state index contributed by atoms with van der Waals surface area (Å²) in [6.45, 7) is -0.0811. The highest BCUT2D eigenvalue weighted by Gasteiger charge is 2.23. The lowest BCUT2D eigenvalue weighted by molar-refractivity contribution is -0.120. The van der Waals surface area contributed by atoms with Crippen molar-refractivity contribution in [3.05, 3.63) is 50.8 Å². The summed E-state index contributed by atoms with van der Waals surface area (Å²) in [5.74, 6) is -0.359. The van der Waals surface area contributed by atoms with Crippen LogP contribution in [0, 0.1) is 0 Å². The Balaban J connectivity index is 1.91. The highest BCUT2D eigenvalue weighted by atomic mass is 16.5. The number of amides is 2. The lowest BCUT2D eigenvalue weighted by Gasteiger charge is -2.26. The minimum atomic E-state index is -0.680. The van der Waals surface area contributed by atoms with Crippen molar-refractivity contribution in [2.24, 2.45) is 14.1 Å². The fourth-order valence-corrected chi connectivity index (χ4v) is 2.52. The number of carbonyl (C=O) groups is 2. The van der Waals surface area contributed by atoms with E-state index in [-0.39, 0.29) is 18.1 Å². The van der Waals surface area contributed by atoms with Crippen molar-refractivity contribution < 1.29 is 14.3 Å². The number of hydrogen-bond donors (Lipinski definition) is 1. The van der Waals surface area contributed by atoms with Crippen molar-refractivity contribution in [1.29, 1.82) is 0 Å². The van der Waals surface area contributed by atoms with Crippen molar-refractivity contribution in [2.75, 3.05) is 23.9 Å². The van der Waals surface area contributed by atoms with Crippen molar-refractivity contribution in [3.8, 4) is 5.75 Å². The Hall–Kier alpha value is -3.36. The fourth-order valence-electron chi connectivity index (χ4n) is 2.52. The Labute approximate surface area is 142 Å². The molecule has 0 atom stereocenters. The summed E-state index contributed by atoms with van der Waals surface area (Å²) in [5.41, 5.74) is -0.359. The molecule has 0 radical (unpaired) electrons. The maximum Gasteiger partial charge on any atom is 0.330 e. The number of benzene rings is 1. The first kappa shape index (κ1) is 16.5. The summed E-state index contributed by atoms with van der Waals surface area (Å²) in [6, 6.07) is 4.81. The predicted octanol–water partition coefficient (Wildman–Crippen LogP) is -0.308. The molecule has 1 aliphatic rings. The molecule has 0 spiro atoms. The molecule has 1 aliphatic heterocycles. The first-order chi connectivity index (χ1) is 11.8. The van der Waals surface area contributed by atoms with Gasteiger partial charge in [0.05, 0.1) is 5.69 Å². The topological polar surface area (TPSA) is 103 Å². The van der Waals surface area contributed by atoms with Gasteiger partial charge in [-0.25, -0.2) is 4.79 Å². The summed E-state index contributed by atoms with van der Waals surface area (Å²) < 4.78 is 7.38. The van der Waals surface area contributed by atoms with Gasteiger partial charge in [0.2, 0.25) is 0 Å². The van der Waals surface area contributed by atoms with Gasteiger partial charge in [-0.2, -0.15) is 0 Å². The second-order valence-electron chi connectivity index (χ2n) is 5.68. The summed E-state index contributed by atoms with van der Waals surface area (Å²) >= 11 is 0. The molecule has 0 saturated carbocycles. The van der Waals surface area contributed by atoms with Gasteiger partial charge in [-0.3, -0.25) is 19.0 Å². The number of rotatable bonds is 2. The van der Waals surface area contributed by atoms with Gasteiger partial charge >= 0.3 is 5.69 Å². The van der Waals surface area contributed by atoms with Crippen LogP contribution in [-0.4, -0.2) is 34.6 Å². The SMILES string of the molecule is CN1C(=O)COc2cc(NC(=O)c3cn(C)c(=O)n(C)c3=O)ccc21. The molecule has 0 saturated heterocycles. The number of anilines is 2. The molecule has 0 bridgehead atoms. The van der Waals surface area contributed by atoms with E-state index in [4.69, 9.17) is 4.74 Å². The number of ether oxygens (including phenoxy) is 1. The normalized spacial score (nSPS) is 13.2. The Morgan fingerprint density at radius 1 is 1.16 bits per heavy atom. The van der Waals surface area contributed by atoms with Gasteiger partial charge in [-0.05, 0) is 12.1 Å². The van der Waals surface area contributed by atoms with Gasteiger partial charge in [-0.15, -0.1) is 0 Å². The molecule has 1 N–H and O–H groups in total. The monoisotopic (exact) mass is 344 g/mol. The standard InChI is InChI=1S/C16H16N4O5/c1-18-7-10(15(23)20(3)16(18)24)14(22)17-9-4-5-11-12(6-9)25-8-13(21)19(11)2/h4-7H,8H2,1-3H3,(H,17,22). The number of fused-ring (bicyclic) bond motifs is 1. The molecule has 1 aromatic carbocycles. The Bertz CT molecular complexity index is 1000. The van der Waals surface area contributed by atoms with Crippen molar-refractivity contribution >= 4 is 23.2 Å². The van der Waals surface area contributed by atoms with E-state index in [2.05, 4.69) is 5.32 Å². The van der Waals surface area contributed by atoms with Crippen LogP contribution in [0.2, 0.25) is 0 Å². The van der Waals surface area contributed by atoms with E-state index in [0.717, 1.165) is 9.13 Å². The van der Waals surface area contributed by atoms with Gasteiger partial charge < -0.3 is 19.5 Å². The Morgan fingerprint density at radius 3 is 2.60 bits per heavy atom. The number of hydrogen-bond acceptors (Lipinski definition) is 5. The van der Waals surface area contributed by atoms with Crippen LogP contribution < -0.4 is 26.2 Å². The first-order valence-corrected chi connectivity index (χ1v) is 7.41. The number of nitrogens with zero attached hydrogens (tertiary/aromatic N) is 3. The lowest BCUT2D eigenvalue weighted by Crippen LogP contribution is -2.40. The minimum Gasteiger partial charge on any atom is -0.481 e. The molecular formula is C16H16N4O5. The third-order valence-corrected chi connectivity index (χ3v) is 4.00. The molecule has 0 fully saturated rings. The lowest BCUT2D eigenvalue weighted by atomic mass is 10.2. The summed E-state index contributed by atoms with van der Waals surface area (Å²) in [6.07, 6.45) is 1.20. The van der Waals surface area contributed by atoms with Crippen molar-refractivity contribution in [2.45, 2.75) is 0 Å². The van der Waals surface area contributed by atoms with Gasteiger partial charge in [-0.1, -0.05) is 0 Å². The third kappa shape index (κ3) is 2.80. The minimum absolute atomic E-state index is 0.0811. The van der Waals surface area contributed by atoms with Crippen molar-refractivity contribution in [3.63, 3.8) is 0 Å². The van der Waals surface area contributed by atoms with Crippen LogP contribution >= 0.6 is 0 Å². The fraction of sp³-hybridized carbons (Fsp3) is 0.250. The zero-order chi connectivity index (χ0) is 18.3. The number of nitrogens with one attached hydrogen (secondary N) is 1. The zero-order valence-electron chi connectivity index (χ0n) is 13.9. The Morgan fingerprint density at radius 2 is 1.88 bits per heavy atom. The Kier molecular flexibility index (Phi) is 3.91. The van der Waals surface area contributed by atoms with E-state index in [1.54, 1.807) is 25.2 Å². The van der Waals surface area contributed by atoms with E-state index in [9.17, 15) is 19.2 Å². The molecule has 9 nitrogen and oxygen atoms in total. The maximum atomic E-state index is 12.4. The largest absolute Gasteiger partial charge is 0.481 e. The molecule has 2 heterocycles. The first-order valence-electron chi connectivity index (χ1n) is 7.41. The molecule has 25 heavy (non-hydrogen) atoms. The number of aryl methyl sites for hydroxylation is 1. The molecule has 2 aromatic rings. The maximum absolute atomic E-state index is 12.4. The number of carbonyl (C=O) groups excluding carboxylic acids is 2. The highest BCUT2D eigenvalue weighted by molar-refractivity contribution is 6.04. The van der Waals surface area contributed by atoms with Crippen LogP contribution in [0.15, 0.2) is 34.0 Å². The van der Waals surface area contributed by atoms with Crippen molar-refractivity contribution in [1.82, 2.24) is 9.13 Å². The average molecular weight is 344 g/mol. The highest BCUT2D eigenvalue weighted by Crippen LogP contribution is 2.33. The van der Waals surface area contributed by atoms with E-state index < -0.39 is 17.2 Å². The van der Waals surface area contributed by atoms with E-state index in [1.165, 1.54) is 25.2 Å². The predicted molar refractivity (Wildman–Crippen MR) is 90.2 cm³/mol. The number of aromatic nitrogens is 2. The molecule has 3 rings (SSSR count). The van der Waals surface area contributed by atoms with Gasteiger partial charge in [0, 0.05) is 39.1 Å². The smallest absolute Gasteiger partial charge is 0.330 e. The van der Waals surface area contributed by atoms with E-state index in [1.807, 2.05) is 0 Å². The van der Waals surface area contributed by atoms with Crippen LogP contribution in [0.3, 0.4) is 0 Å². The number of likely N-dealkylation sites (N-methyl/N-ethyl adjacent to an activating group) is 1. The van der Waals surface area contributed by atoms with Crippen LogP contribution in [-0.2, 0) is 18.9 Å². The average Bonchev–Trinajstić information content (AvgIpc) is 2.59. The van der Waals surface area contributed by atoms with Gasteiger partial charge in [0.1, 0.15) is 11.3 Å². The molecule has 0 unspecified atom stereocenters. The zero-order valence-corrected chi connectivity index (χ0v) is 13.9. The second-order valence-corrected chi connectivity index (χ2v) is 5.68. The van der Waals surface area contributed by atoms with Gasteiger partial charge in [0.25, 0.3) is 17.4 Å². The van der Waals surface area contributed by atoms with Crippen LogP contribution in [0.25, 0.3) is 0 Å². The molecule has 1 aromatic heterocycles. The molecular weight excluding hydrogens is 328 g/mol. The molecule has 0 aliphatic carbocycles. The molecule has 2 amide bonds. The quantitative estimate of drug-likeness (QED) is 0.805. The second kappa shape index (κ2) is 5.93. The summed E-state index contributed by atoms with van der Waals surface area (Å²) in [4.78, 5) is 49.2. The van der Waals surface area contributed by atoms with Crippen LogP contribution in [0.4, 0.5) is 11.4 Å². The van der Waals surface area contributed by atoms with Crippen LogP contribution in [0.1, 0.15) is 10.4 Å². The van der Waals surface area contributed by atoms with Gasteiger partial charge in [0.15, 0.2) is 6.61 Å². The van der Waals surface area contributed by atoms with E-state index in [0.29, 0.717) is 17.1 Å². The molecule has 130 valence electrons. The third-order valence-electron chi connectivity index (χ3n) is 4.00. The molecule has 9 heteroatoms. The summed E-state index contributed by atoms with van der Waals surface area (Å²) in [7, 11) is 4.40.